The first kappa shape index (κ1) is 18.2. The standard InChI is InChI=1S/C16H32N2O3/c1-13(18-14(20)21-15(2,3)4)10-17-11-16(12-19)8-6-5-7-9-16/h13,17,19H,5-12H2,1-4H3,(H,18,20). The first-order valence-corrected chi connectivity index (χ1v) is 8.07. The molecule has 5 heteroatoms. The van der Waals surface area contributed by atoms with Crippen LogP contribution in [0.15, 0.2) is 0 Å². The number of rotatable bonds is 6. The summed E-state index contributed by atoms with van der Waals surface area (Å²) < 4.78 is 5.23. The van der Waals surface area contributed by atoms with Crippen LogP contribution in [-0.2, 0) is 4.74 Å². The molecule has 0 spiro atoms. The Morgan fingerprint density at radius 2 is 1.90 bits per heavy atom. The number of aliphatic hydroxyl groups excluding tert-OH is 1. The Hall–Kier alpha value is -0.810. The van der Waals surface area contributed by atoms with Gasteiger partial charge in [-0.25, -0.2) is 4.79 Å². The van der Waals surface area contributed by atoms with Gasteiger partial charge in [-0.3, -0.25) is 0 Å². The van der Waals surface area contributed by atoms with Crippen molar-refractivity contribution in [3.8, 4) is 0 Å². The minimum atomic E-state index is -0.472. The molecule has 0 radical (unpaired) electrons. The van der Waals surface area contributed by atoms with Crippen LogP contribution in [0.1, 0.15) is 59.8 Å². The Kier molecular flexibility index (Phi) is 6.94. The molecule has 0 aromatic carbocycles. The lowest BCUT2D eigenvalue weighted by Gasteiger charge is -2.36. The monoisotopic (exact) mass is 300 g/mol. The van der Waals surface area contributed by atoms with Crippen LogP contribution in [0.5, 0.6) is 0 Å². The van der Waals surface area contributed by atoms with Crippen molar-refractivity contribution in [2.75, 3.05) is 19.7 Å². The summed E-state index contributed by atoms with van der Waals surface area (Å²) in [5, 5.41) is 15.9. The van der Waals surface area contributed by atoms with Crippen LogP contribution in [0.3, 0.4) is 0 Å². The molecule has 0 aliphatic heterocycles. The summed E-state index contributed by atoms with van der Waals surface area (Å²) in [6.45, 7) is 9.23. The van der Waals surface area contributed by atoms with Crippen LogP contribution < -0.4 is 10.6 Å². The van der Waals surface area contributed by atoms with Gasteiger partial charge in [0.2, 0.25) is 0 Å². The highest BCUT2D eigenvalue weighted by molar-refractivity contribution is 5.68. The molecular formula is C16H32N2O3. The number of nitrogens with one attached hydrogen (secondary N) is 2. The van der Waals surface area contributed by atoms with Gasteiger partial charge in [-0.05, 0) is 40.5 Å². The lowest BCUT2D eigenvalue weighted by Crippen LogP contribution is -2.46. The Morgan fingerprint density at radius 3 is 2.43 bits per heavy atom. The number of aliphatic hydroxyl groups is 1. The molecular weight excluding hydrogens is 268 g/mol. The van der Waals surface area contributed by atoms with Crippen LogP contribution >= 0.6 is 0 Å². The van der Waals surface area contributed by atoms with E-state index >= 15 is 0 Å². The molecule has 124 valence electrons. The fraction of sp³-hybridized carbons (Fsp3) is 0.938. The molecule has 1 saturated carbocycles. The Balaban J connectivity index is 2.26. The van der Waals surface area contributed by atoms with Gasteiger partial charge in [0.05, 0.1) is 0 Å². The van der Waals surface area contributed by atoms with Crippen LogP contribution in [-0.4, -0.2) is 42.5 Å². The summed E-state index contributed by atoms with van der Waals surface area (Å²) in [5.41, 5.74) is -0.440. The third kappa shape index (κ3) is 7.14. The molecule has 5 nitrogen and oxygen atoms in total. The summed E-state index contributed by atoms with van der Waals surface area (Å²) in [6.07, 6.45) is 5.47. The van der Waals surface area contributed by atoms with Gasteiger partial charge in [-0.2, -0.15) is 0 Å². The maximum absolute atomic E-state index is 11.7. The van der Waals surface area contributed by atoms with Gasteiger partial charge in [-0.15, -0.1) is 0 Å². The summed E-state index contributed by atoms with van der Waals surface area (Å²) >= 11 is 0. The van der Waals surface area contributed by atoms with Crippen molar-refractivity contribution in [1.29, 1.82) is 0 Å². The summed E-state index contributed by atoms with van der Waals surface area (Å²) in [7, 11) is 0. The van der Waals surface area contributed by atoms with Crippen LogP contribution in [0.2, 0.25) is 0 Å². The average Bonchev–Trinajstić information content (AvgIpc) is 2.37. The SMILES string of the molecule is CC(CNCC1(CO)CCCCC1)NC(=O)OC(C)(C)C. The van der Waals surface area contributed by atoms with E-state index in [0.29, 0.717) is 6.54 Å². The third-order valence-electron chi connectivity index (χ3n) is 3.96. The first-order chi connectivity index (χ1) is 9.76. The van der Waals surface area contributed by atoms with Crippen molar-refractivity contribution in [3.05, 3.63) is 0 Å². The van der Waals surface area contributed by atoms with E-state index in [2.05, 4.69) is 10.6 Å². The highest BCUT2D eigenvalue weighted by Crippen LogP contribution is 2.35. The topological polar surface area (TPSA) is 70.6 Å². The minimum absolute atomic E-state index is 0.000756. The maximum atomic E-state index is 11.7. The lowest BCUT2D eigenvalue weighted by molar-refractivity contribution is 0.0503. The second-order valence-corrected chi connectivity index (χ2v) is 7.40. The predicted octanol–water partition coefficient (Wildman–Crippen LogP) is 2.43. The highest BCUT2D eigenvalue weighted by atomic mass is 16.6. The zero-order chi connectivity index (χ0) is 15.9. The van der Waals surface area contributed by atoms with Crippen LogP contribution in [0, 0.1) is 5.41 Å². The molecule has 0 bridgehead atoms. The van der Waals surface area contributed by atoms with E-state index in [-0.39, 0.29) is 24.2 Å². The number of carbonyl (C=O) groups is 1. The van der Waals surface area contributed by atoms with Gasteiger partial charge in [0.25, 0.3) is 0 Å². The average molecular weight is 300 g/mol. The molecule has 0 saturated heterocycles. The van der Waals surface area contributed by atoms with Crippen molar-refractivity contribution < 1.29 is 14.6 Å². The molecule has 0 aromatic heterocycles. The van der Waals surface area contributed by atoms with Gasteiger partial charge in [0.1, 0.15) is 5.60 Å². The zero-order valence-electron chi connectivity index (χ0n) is 14.0. The summed E-state index contributed by atoms with van der Waals surface area (Å²) in [4.78, 5) is 11.7. The van der Waals surface area contributed by atoms with Gasteiger partial charge in [0.15, 0.2) is 0 Å². The Bertz CT molecular complexity index is 320. The van der Waals surface area contributed by atoms with Gasteiger partial charge < -0.3 is 20.5 Å². The van der Waals surface area contributed by atoms with Gasteiger partial charge in [-0.1, -0.05) is 19.3 Å². The largest absolute Gasteiger partial charge is 0.444 e. The molecule has 1 rings (SSSR count). The van der Waals surface area contributed by atoms with Gasteiger partial charge in [0, 0.05) is 31.2 Å². The van der Waals surface area contributed by atoms with Gasteiger partial charge >= 0.3 is 6.09 Å². The van der Waals surface area contributed by atoms with Crippen molar-refractivity contribution in [2.24, 2.45) is 5.41 Å². The molecule has 1 unspecified atom stereocenters. The summed E-state index contributed by atoms with van der Waals surface area (Å²) in [6, 6.07) is -0.000756. The molecule has 21 heavy (non-hydrogen) atoms. The number of alkyl carbamates (subject to hydrolysis) is 1. The van der Waals surface area contributed by atoms with Crippen LogP contribution in [0.4, 0.5) is 4.79 Å². The molecule has 1 aliphatic carbocycles. The van der Waals surface area contributed by atoms with Crippen molar-refractivity contribution in [2.45, 2.75) is 71.4 Å². The van der Waals surface area contributed by atoms with E-state index in [1.807, 2.05) is 27.7 Å². The number of carbonyl (C=O) groups excluding carboxylic acids is 1. The fourth-order valence-electron chi connectivity index (χ4n) is 2.81. The first-order valence-electron chi connectivity index (χ1n) is 8.07. The van der Waals surface area contributed by atoms with E-state index in [9.17, 15) is 9.90 Å². The normalized spacial score (nSPS) is 19.9. The quantitative estimate of drug-likeness (QED) is 0.704. The number of amides is 1. The van der Waals surface area contributed by atoms with Crippen LogP contribution in [0.25, 0.3) is 0 Å². The van der Waals surface area contributed by atoms with Crippen molar-refractivity contribution in [1.82, 2.24) is 10.6 Å². The molecule has 0 aromatic rings. The zero-order valence-corrected chi connectivity index (χ0v) is 14.0. The second kappa shape index (κ2) is 7.99. The highest BCUT2D eigenvalue weighted by Gasteiger charge is 2.31. The van der Waals surface area contributed by atoms with E-state index in [0.717, 1.165) is 19.4 Å². The lowest BCUT2D eigenvalue weighted by atomic mass is 9.74. The minimum Gasteiger partial charge on any atom is -0.444 e. The van der Waals surface area contributed by atoms with E-state index in [1.54, 1.807) is 0 Å². The molecule has 1 atom stereocenters. The van der Waals surface area contributed by atoms with E-state index in [4.69, 9.17) is 4.74 Å². The number of ether oxygens (including phenoxy) is 1. The second-order valence-electron chi connectivity index (χ2n) is 7.40. The Morgan fingerprint density at radius 1 is 1.29 bits per heavy atom. The smallest absolute Gasteiger partial charge is 0.407 e. The predicted molar refractivity (Wildman–Crippen MR) is 84.3 cm³/mol. The molecule has 1 amide bonds. The molecule has 0 heterocycles. The number of hydrogen-bond acceptors (Lipinski definition) is 4. The van der Waals surface area contributed by atoms with Crippen molar-refractivity contribution in [3.63, 3.8) is 0 Å². The van der Waals surface area contributed by atoms with Crippen molar-refractivity contribution >= 4 is 6.09 Å². The number of hydrogen-bond donors (Lipinski definition) is 3. The maximum Gasteiger partial charge on any atom is 0.407 e. The molecule has 1 aliphatic rings. The third-order valence-corrected chi connectivity index (χ3v) is 3.96. The Labute approximate surface area is 128 Å². The fourth-order valence-corrected chi connectivity index (χ4v) is 2.81. The van der Waals surface area contributed by atoms with E-state index in [1.165, 1.54) is 19.3 Å². The molecule has 1 fully saturated rings. The summed E-state index contributed by atoms with van der Waals surface area (Å²) in [5.74, 6) is 0. The molecule has 3 N–H and O–H groups in total. The van der Waals surface area contributed by atoms with E-state index < -0.39 is 5.60 Å².